The van der Waals surface area contributed by atoms with Gasteiger partial charge in [0.15, 0.2) is 0 Å². The summed E-state index contributed by atoms with van der Waals surface area (Å²) >= 11 is 1.49. The zero-order chi connectivity index (χ0) is 14.5. The van der Waals surface area contributed by atoms with Gasteiger partial charge in [-0.25, -0.2) is 4.98 Å². The van der Waals surface area contributed by atoms with E-state index >= 15 is 0 Å². The lowest BCUT2D eigenvalue weighted by atomic mass is 10.1. The minimum absolute atomic E-state index is 0.0804. The summed E-state index contributed by atoms with van der Waals surface area (Å²) in [6.07, 6.45) is 4.06. The van der Waals surface area contributed by atoms with Gasteiger partial charge in [-0.05, 0) is 12.0 Å². The molecular formula is C16H18N2O2S. The van der Waals surface area contributed by atoms with E-state index in [4.69, 9.17) is 4.74 Å². The zero-order valence-corrected chi connectivity index (χ0v) is 12.6. The molecule has 1 aliphatic heterocycles. The standard InChI is InChI=1S/C16H18N2O2S/c19-15(7-6-13-4-2-1-3-5-13)18-10-8-14(12-18)20-16-17-9-11-21-16/h1-5,9,11,14H,6-8,10,12H2. The number of nitrogens with zero attached hydrogens (tertiary/aromatic N) is 2. The normalized spacial score (nSPS) is 17.9. The first kappa shape index (κ1) is 14.1. The van der Waals surface area contributed by atoms with Gasteiger partial charge < -0.3 is 9.64 Å². The number of aromatic nitrogens is 1. The molecule has 1 saturated heterocycles. The first-order chi connectivity index (χ1) is 10.3. The summed E-state index contributed by atoms with van der Waals surface area (Å²) in [5, 5.41) is 2.59. The molecule has 0 bridgehead atoms. The first-order valence-corrected chi connectivity index (χ1v) is 8.07. The average Bonchev–Trinajstić information content (AvgIpc) is 3.18. The maximum atomic E-state index is 12.2. The van der Waals surface area contributed by atoms with Crippen LogP contribution in [0.25, 0.3) is 0 Å². The number of thiazole rings is 1. The highest BCUT2D eigenvalue weighted by atomic mass is 32.1. The van der Waals surface area contributed by atoms with E-state index in [9.17, 15) is 4.79 Å². The predicted octanol–water partition coefficient (Wildman–Crippen LogP) is 2.76. The molecule has 1 aromatic carbocycles. The molecule has 0 spiro atoms. The van der Waals surface area contributed by atoms with E-state index in [0.717, 1.165) is 19.4 Å². The fraction of sp³-hybridized carbons (Fsp3) is 0.375. The van der Waals surface area contributed by atoms with Gasteiger partial charge in [-0.2, -0.15) is 0 Å². The van der Waals surface area contributed by atoms with Gasteiger partial charge in [-0.1, -0.05) is 41.7 Å². The van der Waals surface area contributed by atoms with Gasteiger partial charge in [-0.3, -0.25) is 4.79 Å². The van der Waals surface area contributed by atoms with E-state index in [2.05, 4.69) is 17.1 Å². The number of amides is 1. The molecule has 0 radical (unpaired) electrons. The van der Waals surface area contributed by atoms with Crippen molar-refractivity contribution in [3.05, 3.63) is 47.5 Å². The highest BCUT2D eigenvalue weighted by molar-refractivity contribution is 7.11. The van der Waals surface area contributed by atoms with Crippen molar-refractivity contribution in [2.45, 2.75) is 25.4 Å². The van der Waals surface area contributed by atoms with Crippen LogP contribution in [0.3, 0.4) is 0 Å². The molecule has 0 N–H and O–H groups in total. The lowest BCUT2D eigenvalue weighted by Crippen LogP contribution is -2.31. The van der Waals surface area contributed by atoms with Gasteiger partial charge in [0, 0.05) is 31.0 Å². The number of ether oxygens (including phenoxy) is 1. The van der Waals surface area contributed by atoms with Gasteiger partial charge in [0.25, 0.3) is 5.19 Å². The van der Waals surface area contributed by atoms with Crippen molar-refractivity contribution < 1.29 is 9.53 Å². The fourth-order valence-electron chi connectivity index (χ4n) is 2.52. The highest BCUT2D eigenvalue weighted by Crippen LogP contribution is 2.21. The second-order valence-electron chi connectivity index (χ2n) is 5.15. The molecule has 1 fully saturated rings. The van der Waals surface area contributed by atoms with Crippen LogP contribution in [-0.4, -0.2) is 35.0 Å². The molecule has 21 heavy (non-hydrogen) atoms. The molecule has 0 saturated carbocycles. The monoisotopic (exact) mass is 302 g/mol. The summed E-state index contributed by atoms with van der Waals surface area (Å²) in [6, 6.07) is 10.1. The van der Waals surface area contributed by atoms with Gasteiger partial charge in [-0.15, -0.1) is 0 Å². The summed E-state index contributed by atoms with van der Waals surface area (Å²) in [4.78, 5) is 18.2. The number of aryl methyl sites for hydroxylation is 1. The molecule has 4 nitrogen and oxygen atoms in total. The highest BCUT2D eigenvalue weighted by Gasteiger charge is 2.27. The average molecular weight is 302 g/mol. The van der Waals surface area contributed by atoms with Crippen molar-refractivity contribution in [1.82, 2.24) is 9.88 Å². The molecule has 2 heterocycles. The molecule has 1 atom stereocenters. The van der Waals surface area contributed by atoms with Crippen LogP contribution < -0.4 is 4.74 Å². The Morgan fingerprint density at radius 2 is 2.24 bits per heavy atom. The van der Waals surface area contributed by atoms with Crippen molar-refractivity contribution >= 4 is 17.2 Å². The van der Waals surface area contributed by atoms with Crippen LogP contribution in [0, 0.1) is 0 Å². The number of benzene rings is 1. The van der Waals surface area contributed by atoms with Crippen molar-refractivity contribution in [3.63, 3.8) is 0 Å². The molecule has 5 heteroatoms. The summed E-state index contributed by atoms with van der Waals surface area (Å²) in [5.74, 6) is 0.212. The number of rotatable bonds is 5. The van der Waals surface area contributed by atoms with E-state index < -0.39 is 0 Å². The van der Waals surface area contributed by atoms with Crippen LogP contribution in [0.5, 0.6) is 5.19 Å². The summed E-state index contributed by atoms with van der Waals surface area (Å²) in [6.45, 7) is 1.46. The van der Waals surface area contributed by atoms with Crippen LogP contribution in [-0.2, 0) is 11.2 Å². The Morgan fingerprint density at radius 1 is 1.38 bits per heavy atom. The second-order valence-corrected chi connectivity index (χ2v) is 6.01. The summed E-state index contributed by atoms with van der Waals surface area (Å²) in [5.41, 5.74) is 1.21. The number of likely N-dealkylation sites (tertiary alicyclic amines) is 1. The van der Waals surface area contributed by atoms with Gasteiger partial charge in [0.2, 0.25) is 5.91 Å². The minimum Gasteiger partial charge on any atom is -0.465 e. The molecule has 1 unspecified atom stereocenters. The lowest BCUT2D eigenvalue weighted by molar-refractivity contribution is -0.130. The first-order valence-electron chi connectivity index (χ1n) is 7.19. The Hall–Kier alpha value is -1.88. The number of carbonyl (C=O) groups excluding carboxylic acids is 1. The minimum atomic E-state index is 0.0804. The number of hydrogen-bond donors (Lipinski definition) is 0. The van der Waals surface area contributed by atoms with Gasteiger partial charge in [0.1, 0.15) is 6.10 Å². The Morgan fingerprint density at radius 3 is 3.00 bits per heavy atom. The Bertz CT molecular complexity index is 571. The molecule has 110 valence electrons. The van der Waals surface area contributed by atoms with Crippen molar-refractivity contribution in [2.75, 3.05) is 13.1 Å². The van der Waals surface area contributed by atoms with Crippen molar-refractivity contribution in [3.8, 4) is 5.19 Å². The van der Waals surface area contributed by atoms with Gasteiger partial charge in [0.05, 0.1) is 6.54 Å². The van der Waals surface area contributed by atoms with E-state index in [1.165, 1.54) is 16.9 Å². The predicted molar refractivity (Wildman–Crippen MR) is 82.5 cm³/mol. The zero-order valence-electron chi connectivity index (χ0n) is 11.8. The Balaban J connectivity index is 1.46. The van der Waals surface area contributed by atoms with Crippen LogP contribution in [0.15, 0.2) is 41.9 Å². The maximum Gasteiger partial charge on any atom is 0.273 e. The van der Waals surface area contributed by atoms with Crippen molar-refractivity contribution in [2.24, 2.45) is 0 Å². The van der Waals surface area contributed by atoms with Gasteiger partial charge >= 0.3 is 0 Å². The Kier molecular flexibility index (Phi) is 4.50. The fourth-order valence-corrected chi connectivity index (χ4v) is 3.07. The number of hydrogen-bond acceptors (Lipinski definition) is 4. The topological polar surface area (TPSA) is 42.4 Å². The van der Waals surface area contributed by atoms with Crippen molar-refractivity contribution in [1.29, 1.82) is 0 Å². The Labute approximate surface area is 128 Å². The second kappa shape index (κ2) is 6.72. The smallest absolute Gasteiger partial charge is 0.273 e. The van der Waals surface area contributed by atoms with E-state index in [1.54, 1.807) is 6.20 Å². The van der Waals surface area contributed by atoms with E-state index in [1.807, 2.05) is 28.5 Å². The quantitative estimate of drug-likeness (QED) is 0.853. The third kappa shape index (κ3) is 3.82. The maximum absolute atomic E-state index is 12.2. The molecule has 1 amide bonds. The van der Waals surface area contributed by atoms with Crippen LogP contribution >= 0.6 is 11.3 Å². The molecule has 1 aromatic heterocycles. The molecule has 3 rings (SSSR count). The molecular weight excluding hydrogens is 284 g/mol. The summed E-state index contributed by atoms with van der Waals surface area (Å²) < 4.78 is 5.77. The molecule has 2 aromatic rings. The van der Waals surface area contributed by atoms with Crippen LogP contribution in [0.1, 0.15) is 18.4 Å². The third-order valence-electron chi connectivity index (χ3n) is 3.65. The lowest BCUT2D eigenvalue weighted by Gasteiger charge is -2.16. The molecule has 0 aliphatic carbocycles. The SMILES string of the molecule is O=C(CCc1ccccc1)N1CCC(Oc2nccs2)C1. The van der Waals surface area contributed by atoms with E-state index in [-0.39, 0.29) is 12.0 Å². The number of carbonyl (C=O) groups is 1. The summed E-state index contributed by atoms with van der Waals surface area (Å²) in [7, 11) is 0. The van der Waals surface area contributed by atoms with Crippen LogP contribution in [0.2, 0.25) is 0 Å². The molecule has 1 aliphatic rings. The third-order valence-corrected chi connectivity index (χ3v) is 4.31. The van der Waals surface area contributed by atoms with Crippen LogP contribution in [0.4, 0.5) is 0 Å². The van der Waals surface area contributed by atoms with E-state index in [0.29, 0.717) is 18.2 Å². The largest absolute Gasteiger partial charge is 0.465 e.